The van der Waals surface area contributed by atoms with Gasteiger partial charge in [0.2, 0.25) is 0 Å². The summed E-state index contributed by atoms with van der Waals surface area (Å²) < 4.78 is 10.8. The van der Waals surface area contributed by atoms with Crippen molar-refractivity contribution >= 4 is 32.7 Å². The van der Waals surface area contributed by atoms with E-state index >= 15 is 0 Å². The van der Waals surface area contributed by atoms with Crippen LogP contribution in [0.2, 0.25) is 0 Å². The van der Waals surface area contributed by atoms with Crippen LogP contribution in [0.3, 0.4) is 0 Å². The van der Waals surface area contributed by atoms with Gasteiger partial charge in [0, 0.05) is 17.3 Å². The predicted octanol–water partition coefficient (Wildman–Crippen LogP) is 3.71. The molecule has 1 amide bonds. The number of benzene rings is 1. The number of methoxy groups -OCH3 is 1. The summed E-state index contributed by atoms with van der Waals surface area (Å²) >= 11 is 1.33. The lowest BCUT2D eigenvalue weighted by atomic mass is 9.89. The number of carbonyl (C=O) groups is 1. The molecule has 134 valence electrons. The van der Waals surface area contributed by atoms with Crippen LogP contribution in [0, 0.1) is 0 Å². The summed E-state index contributed by atoms with van der Waals surface area (Å²) in [5.74, 6) is 1.13. The number of amides is 1. The number of hydrogen-bond acceptors (Lipinski definition) is 7. The molecular formula is C19H14N4O3S. The van der Waals surface area contributed by atoms with Gasteiger partial charge in [-0.15, -0.1) is 0 Å². The zero-order valence-electron chi connectivity index (χ0n) is 14.4. The predicted molar refractivity (Wildman–Crippen MR) is 101 cm³/mol. The van der Waals surface area contributed by atoms with Gasteiger partial charge >= 0.3 is 0 Å². The normalized spacial score (nSPS) is 12.5. The van der Waals surface area contributed by atoms with Crippen LogP contribution in [0.1, 0.15) is 21.6 Å². The number of aromatic nitrogens is 3. The van der Waals surface area contributed by atoms with Crippen molar-refractivity contribution in [2.75, 3.05) is 12.4 Å². The van der Waals surface area contributed by atoms with Crippen molar-refractivity contribution in [3.8, 4) is 17.1 Å². The summed E-state index contributed by atoms with van der Waals surface area (Å²) in [6, 6.07) is 9.49. The molecule has 0 spiro atoms. The van der Waals surface area contributed by atoms with E-state index in [0.717, 1.165) is 39.2 Å². The van der Waals surface area contributed by atoms with E-state index < -0.39 is 0 Å². The maximum absolute atomic E-state index is 12.7. The number of thiazole rings is 1. The number of fused-ring (bicyclic) bond motifs is 4. The Morgan fingerprint density at radius 2 is 2.22 bits per heavy atom. The van der Waals surface area contributed by atoms with Crippen LogP contribution in [0.4, 0.5) is 5.13 Å². The van der Waals surface area contributed by atoms with E-state index in [1.54, 1.807) is 13.3 Å². The quantitative estimate of drug-likeness (QED) is 0.584. The van der Waals surface area contributed by atoms with Crippen LogP contribution < -0.4 is 10.1 Å². The van der Waals surface area contributed by atoms with Crippen molar-refractivity contribution < 1.29 is 14.1 Å². The maximum atomic E-state index is 12.7. The second-order valence-electron chi connectivity index (χ2n) is 6.16. The monoisotopic (exact) mass is 378 g/mol. The Bertz CT molecular complexity index is 1150. The number of carbonyl (C=O) groups excluding carboxylic acids is 1. The van der Waals surface area contributed by atoms with Crippen molar-refractivity contribution in [3.05, 3.63) is 53.3 Å². The fourth-order valence-corrected chi connectivity index (χ4v) is 4.10. The highest BCUT2D eigenvalue weighted by atomic mass is 32.1. The van der Waals surface area contributed by atoms with Gasteiger partial charge in [-0.2, -0.15) is 0 Å². The van der Waals surface area contributed by atoms with Crippen LogP contribution in [-0.2, 0) is 12.8 Å². The molecule has 1 N–H and O–H groups in total. The summed E-state index contributed by atoms with van der Waals surface area (Å²) in [5, 5.41) is 7.34. The number of nitrogens with one attached hydrogen (secondary N) is 1. The third-order valence-corrected chi connectivity index (χ3v) is 5.49. The number of hydrogen-bond donors (Lipinski definition) is 1. The molecule has 1 aliphatic rings. The second-order valence-corrected chi connectivity index (χ2v) is 7.14. The molecule has 7 nitrogen and oxygen atoms in total. The molecule has 3 heterocycles. The van der Waals surface area contributed by atoms with E-state index in [0.29, 0.717) is 23.0 Å². The van der Waals surface area contributed by atoms with Crippen molar-refractivity contribution in [2.24, 2.45) is 0 Å². The smallest absolute Gasteiger partial charge is 0.279 e. The molecule has 0 atom stereocenters. The van der Waals surface area contributed by atoms with Gasteiger partial charge in [-0.1, -0.05) is 16.5 Å². The molecule has 0 radical (unpaired) electrons. The number of nitrogens with zero attached hydrogens (tertiary/aromatic N) is 3. The molecule has 3 aromatic heterocycles. The van der Waals surface area contributed by atoms with Crippen LogP contribution in [0.15, 0.2) is 41.1 Å². The number of rotatable bonds is 3. The number of aryl methyl sites for hydroxylation is 1. The SMILES string of the molecule is COc1ccc2c(c1)CCc1c(C(=O)Nc3nc4cccnc4s3)noc1-2. The molecule has 1 aliphatic carbocycles. The fourth-order valence-electron chi connectivity index (χ4n) is 3.30. The summed E-state index contributed by atoms with van der Waals surface area (Å²) in [6.07, 6.45) is 3.18. The average molecular weight is 378 g/mol. The molecule has 0 fully saturated rings. The molecule has 1 aromatic carbocycles. The van der Waals surface area contributed by atoms with E-state index in [1.807, 2.05) is 30.3 Å². The molecule has 0 bridgehead atoms. The topological polar surface area (TPSA) is 90.1 Å². The summed E-state index contributed by atoms with van der Waals surface area (Å²) in [5.41, 5.74) is 3.96. The van der Waals surface area contributed by atoms with Gasteiger partial charge in [0.1, 0.15) is 16.1 Å². The van der Waals surface area contributed by atoms with Crippen molar-refractivity contribution in [2.45, 2.75) is 12.8 Å². The zero-order valence-corrected chi connectivity index (χ0v) is 15.2. The highest BCUT2D eigenvalue weighted by Crippen LogP contribution is 2.37. The van der Waals surface area contributed by atoms with Crippen molar-refractivity contribution in [1.29, 1.82) is 0 Å². The maximum Gasteiger partial charge on any atom is 0.279 e. The van der Waals surface area contributed by atoms with Crippen molar-refractivity contribution in [1.82, 2.24) is 15.1 Å². The van der Waals surface area contributed by atoms with Gasteiger partial charge in [-0.3, -0.25) is 10.1 Å². The second kappa shape index (κ2) is 6.17. The van der Waals surface area contributed by atoms with Crippen LogP contribution >= 0.6 is 11.3 Å². The van der Waals surface area contributed by atoms with Gasteiger partial charge in [0.25, 0.3) is 5.91 Å². The third-order valence-electron chi connectivity index (χ3n) is 4.59. The Morgan fingerprint density at radius 3 is 3.07 bits per heavy atom. The summed E-state index contributed by atoms with van der Waals surface area (Å²) in [4.78, 5) is 22.1. The lowest BCUT2D eigenvalue weighted by molar-refractivity contribution is 0.101. The van der Waals surface area contributed by atoms with Crippen LogP contribution in [0.25, 0.3) is 21.7 Å². The van der Waals surface area contributed by atoms with Crippen molar-refractivity contribution in [3.63, 3.8) is 0 Å². The van der Waals surface area contributed by atoms with E-state index in [-0.39, 0.29) is 5.91 Å². The minimum atomic E-state index is -0.323. The highest BCUT2D eigenvalue weighted by molar-refractivity contribution is 7.21. The first-order valence-corrected chi connectivity index (χ1v) is 9.23. The lowest BCUT2D eigenvalue weighted by Crippen LogP contribution is -2.15. The Labute approximate surface area is 158 Å². The van der Waals surface area contributed by atoms with E-state index in [1.165, 1.54) is 11.3 Å². The third kappa shape index (κ3) is 2.65. The molecule has 4 aromatic rings. The van der Waals surface area contributed by atoms with Gasteiger partial charge in [0.05, 0.1) is 7.11 Å². The molecule has 8 heteroatoms. The van der Waals surface area contributed by atoms with E-state index in [4.69, 9.17) is 9.26 Å². The largest absolute Gasteiger partial charge is 0.497 e. The molecule has 0 aliphatic heterocycles. The highest BCUT2D eigenvalue weighted by Gasteiger charge is 2.28. The summed E-state index contributed by atoms with van der Waals surface area (Å²) in [6.45, 7) is 0. The fraction of sp³-hybridized carbons (Fsp3) is 0.158. The number of pyridine rings is 1. The Balaban J connectivity index is 1.46. The Morgan fingerprint density at radius 1 is 1.30 bits per heavy atom. The Kier molecular flexibility index (Phi) is 3.64. The molecule has 5 rings (SSSR count). The minimum absolute atomic E-state index is 0.304. The van der Waals surface area contributed by atoms with Gasteiger partial charge in [0.15, 0.2) is 16.6 Å². The first-order chi connectivity index (χ1) is 13.2. The minimum Gasteiger partial charge on any atom is -0.497 e. The van der Waals surface area contributed by atoms with Gasteiger partial charge in [-0.25, -0.2) is 9.97 Å². The van der Waals surface area contributed by atoms with Crippen LogP contribution in [0.5, 0.6) is 5.75 Å². The molecular weight excluding hydrogens is 364 g/mol. The first kappa shape index (κ1) is 16.0. The lowest BCUT2D eigenvalue weighted by Gasteiger charge is -2.15. The summed E-state index contributed by atoms with van der Waals surface area (Å²) in [7, 11) is 1.64. The molecule has 0 saturated heterocycles. The van der Waals surface area contributed by atoms with Gasteiger partial charge in [-0.05, 0) is 48.7 Å². The average Bonchev–Trinajstić information content (AvgIpc) is 3.30. The first-order valence-electron chi connectivity index (χ1n) is 8.41. The van der Waals surface area contributed by atoms with Gasteiger partial charge < -0.3 is 9.26 Å². The molecule has 0 unspecified atom stereocenters. The zero-order chi connectivity index (χ0) is 18.4. The Hall–Kier alpha value is -3.26. The number of anilines is 1. The molecule has 27 heavy (non-hydrogen) atoms. The standard InChI is InChI=1S/C19H14N4O3S/c1-25-11-5-7-12-10(9-11)4-6-13-15(23-26-16(12)13)17(24)22-19-21-14-3-2-8-20-18(14)27-19/h2-3,5,7-9H,4,6H2,1H3,(H,21,22,24). The number of ether oxygens (including phenoxy) is 1. The molecule has 0 saturated carbocycles. The van der Waals surface area contributed by atoms with Crippen LogP contribution in [-0.4, -0.2) is 28.1 Å². The van der Waals surface area contributed by atoms with E-state index in [9.17, 15) is 4.79 Å². The van der Waals surface area contributed by atoms with E-state index in [2.05, 4.69) is 20.4 Å².